The van der Waals surface area contributed by atoms with E-state index in [0.717, 1.165) is 59.3 Å². The van der Waals surface area contributed by atoms with E-state index in [2.05, 4.69) is 0 Å². The van der Waals surface area contributed by atoms with Crippen molar-refractivity contribution >= 4 is 67.2 Å². The molecule has 0 unspecified atom stereocenters. The molecule has 0 fully saturated rings. The van der Waals surface area contributed by atoms with E-state index >= 15 is 0 Å². The van der Waals surface area contributed by atoms with Crippen molar-refractivity contribution in [1.82, 2.24) is 19.9 Å². The molecule has 0 atom stereocenters. The van der Waals surface area contributed by atoms with Gasteiger partial charge in [0.15, 0.2) is 23.3 Å². The Balaban J connectivity index is 1.20. The SMILES string of the molecule is FC(F)(F)c1ccc(-c2cc3nc4c(nc3cc2-c2ccc(C(F)(F)F)cc2)N(c2cccc3ccccc23)c2nc(-c3ccc(C(F)(F)F)cc3)c(-c3ccc(C(F)(F)F)cc3)nc2N4c2cccc3ccccc23)cc1. The normalized spacial score (nSPS) is 13.1. The summed E-state index contributed by atoms with van der Waals surface area (Å²) in [5.74, 6) is 0.315. The molecule has 3 heterocycles. The van der Waals surface area contributed by atoms with Gasteiger partial charge in [-0.15, -0.1) is 0 Å². The summed E-state index contributed by atoms with van der Waals surface area (Å²) >= 11 is 0. The van der Waals surface area contributed by atoms with Crippen LogP contribution in [0.3, 0.4) is 0 Å². The van der Waals surface area contributed by atoms with Crippen LogP contribution in [-0.4, -0.2) is 19.9 Å². The Morgan fingerprint density at radius 2 is 0.564 bits per heavy atom. The minimum Gasteiger partial charge on any atom is -0.272 e. The van der Waals surface area contributed by atoms with Crippen molar-refractivity contribution in [3.8, 4) is 44.8 Å². The van der Waals surface area contributed by atoms with Crippen LogP contribution in [0.25, 0.3) is 77.3 Å². The molecular weight excluding hydrogens is 1030 g/mol. The van der Waals surface area contributed by atoms with Crippen molar-refractivity contribution < 1.29 is 52.7 Å². The minimum absolute atomic E-state index is 0.0201. The number of nitrogens with zero attached hydrogens (tertiary/aromatic N) is 6. The Hall–Kier alpha value is -9.32. The molecule has 0 spiro atoms. The fourth-order valence-corrected chi connectivity index (χ4v) is 9.76. The van der Waals surface area contributed by atoms with Gasteiger partial charge in [-0.05, 0) is 106 Å². The van der Waals surface area contributed by atoms with Gasteiger partial charge in [-0.3, -0.25) is 9.80 Å². The molecule has 1 aliphatic heterocycles. The second-order valence-corrected chi connectivity index (χ2v) is 18.3. The maximum absolute atomic E-state index is 14.1. The Morgan fingerprint density at radius 1 is 0.282 bits per heavy atom. The van der Waals surface area contributed by atoms with Crippen LogP contribution >= 0.6 is 0 Å². The van der Waals surface area contributed by atoms with Crippen LogP contribution < -0.4 is 9.80 Å². The first kappa shape index (κ1) is 49.6. The third-order valence-corrected chi connectivity index (χ3v) is 13.5. The molecule has 386 valence electrons. The number of fused-ring (bicyclic) bond motifs is 5. The summed E-state index contributed by atoms with van der Waals surface area (Å²) in [6, 6.07) is 45.4. The van der Waals surface area contributed by atoms with Crippen molar-refractivity contribution in [2.24, 2.45) is 0 Å². The summed E-state index contributed by atoms with van der Waals surface area (Å²) in [7, 11) is 0. The number of benzene rings is 9. The molecule has 11 aromatic rings. The predicted molar refractivity (Wildman–Crippen MR) is 275 cm³/mol. The van der Waals surface area contributed by atoms with Gasteiger partial charge in [-0.1, -0.05) is 121 Å². The molecular formula is C60H32F12N6. The highest BCUT2D eigenvalue weighted by atomic mass is 19.4. The second kappa shape index (κ2) is 18.2. The Labute approximate surface area is 434 Å². The van der Waals surface area contributed by atoms with Crippen molar-refractivity contribution in [2.45, 2.75) is 24.7 Å². The third-order valence-electron chi connectivity index (χ3n) is 13.5. The maximum Gasteiger partial charge on any atom is 0.416 e. The summed E-state index contributed by atoms with van der Waals surface area (Å²) in [6.45, 7) is 0. The topological polar surface area (TPSA) is 58.0 Å². The lowest BCUT2D eigenvalue weighted by molar-refractivity contribution is -0.138. The van der Waals surface area contributed by atoms with Gasteiger partial charge in [0.05, 0.1) is 56.0 Å². The number of hydrogen-bond acceptors (Lipinski definition) is 6. The highest BCUT2D eigenvalue weighted by Gasteiger charge is 2.40. The lowest BCUT2D eigenvalue weighted by atomic mass is 9.92. The number of halogens is 12. The Kier molecular flexibility index (Phi) is 11.5. The average Bonchev–Trinajstić information content (AvgIpc) is 3.62. The molecule has 0 radical (unpaired) electrons. The van der Waals surface area contributed by atoms with Gasteiger partial charge < -0.3 is 0 Å². The highest BCUT2D eigenvalue weighted by molar-refractivity contribution is 6.09. The fraction of sp³-hybridized carbons (Fsp3) is 0.0667. The zero-order chi connectivity index (χ0) is 54.5. The first-order chi connectivity index (χ1) is 37.2. The van der Waals surface area contributed by atoms with Crippen LogP contribution in [0.4, 0.5) is 87.3 Å². The number of rotatable bonds is 6. The van der Waals surface area contributed by atoms with Crippen LogP contribution in [0.2, 0.25) is 0 Å². The van der Waals surface area contributed by atoms with Gasteiger partial charge in [0.25, 0.3) is 0 Å². The maximum atomic E-state index is 14.1. The molecule has 0 saturated carbocycles. The van der Waals surface area contributed by atoms with E-state index in [4.69, 9.17) is 19.9 Å². The number of alkyl halides is 12. The monoisotopic (exact) mass is 1060 g/mol. The van der Waals surface area contributed by atoms with E-state index < -0.39 is 47.0 Å². The van der Waals surface area contributed by atoms with Crippen LogP contribution in [0.5, 0.6) is 0 Å². The average molecular weight is 1060 g/mol. The molecule has 0 bridgehead atoms. The molecule has 12 rings (SSSR count). The molecule has 9 aromatic carbocycles. The molecule has 18 heteroatoms. The zero-order valence-corrected chi connectivity index (χ0v) is 39.7. The third kappa shape index (κ3) is 8.81. The summed E-state index contributed by atoms with van der Waals surface area (Å²) in [4.78, 5) is 24.5. The minimum atomic E-state index is -4.73. The van der Waals surface area contributed by atoms with Gasteiger partial charge >= 0.3 is 24.7 Å². The van der Waals surface area contributed by atoms with E-state index in [0.29, 0.717) is 22.1 Å². The molecule has 6 nitrogen and oxygen atoms in total. The van der Waals surface area contributed by atoms with E-state index in [-0.39, 0.29) is 79.1 Å². The molecule has 1 aliphatic rings. The van der Waals surface area contributed by atoms with Crippen molar-refractivity contribution in [1.29, 1.82) is 0 Å². The van der Waals surface area contributed by atoms with Crippen molar-refractivity contribution in [3.05, 3.63) is 216 Å². The largest absolute Gasteiger partial charge is 0.416 e. The zero-order valence-electron chi connectivity index (χ0n) is 39.7. The lowest BCUT2D eigenvalue weighted by Gasteiger charge is -2.38. The summed E-state index contributed by atoms with van der Waals surface area (Å²) < 4.78 is 168. The van der Waals surface area contributed by atoms with E-state index in [1.807, 2.05) is 48.5 Å². The molecule has 0 aliphatic carbocycles. The van der Waals surface area contributed by atoms with Crippen LogP contribution in [0, 0.1) is 0 Å². The summed E-state index contributed by atoms with van der Waals surface area (Å²) in [5, 5.41) is 2.83. The first-order valence-corrected chi connectivity index (χ1v) is 23.7. The van der Waals surface area contributed by atoms with Gasteiger partial charge in [0.2, 0.25) is 0 Å². The number of aromatic nitrogens is 4. The van der Waals surface area contributed by atoms with Gasteiger partial charge in [0, 0.05) is 21.9 Å². The Bertz CT molecular complexity index is 3860. The summed E-state index contributed by atoms with van der Waals surface area (Å²) in [6.07, 6.45) is -18.8. The lowest BCUT2D eigenvalue weighted by Crippen LogP contribution is -2.28. The highest BCUT2D eigenvalue weighted by Crippen LogP contribution is 2.55. The van der Waals surface area contributed by atoms with E-state index in [1.165, 1.54) is 48.5 Å². The smallest absolute Gasteiger partial charge is 0.272 e. The number of hydrogen-bond donors (Lipinski definition) is 0. The van der Waals surface area contributed by atoms with Crippen LogP contribution in [-0.2, 0) is 24.7 Å². The van der Waals surface area contributed by atoms with E-state index in [9.17, 15) is 52.7 Å². The van der Waals surface area contributed by atoms with Gasteiger partial charge in [-0.25, -0.2) is 19.9 Å². The van der Waals surface area contributed by atoms with Crippen molar-refractivity contribution in [2.75, 3.05) is 9.80 Å². The van der Waals surface area contributed by atoms with Crippen LogP contribution in [0.1, 0.15) is 22.3 Å². The molecule has 0 N–H and O–H groups in total. The molecule has 78 heavy (non-hydrogen) atoms. The predicted octanol–water partition coefficient (Wildman–Crippen LogP) is 18.7. The Morgan fingerprint density at radius 3 is 0.885 bits per heavy atom. The number of anilines is 6. The van der Waals surface area contributed by atoms with Crippen LogP contribution in [0.15, 0.2) is 194 Å². The van der Waals surface area contributed by atoms with Gasteiger partial charge in [-0.2, -0.15) is 52.7 Å². The van der Waals surface area contributed by atoms with Gasteiger partial charge in [0.1, 0.15) is 0 Å². The van der Waals surface area contributed by atoms with E-state index in [1.54, 1.807) is 58.3 Å². The van der Waals surface area contributed by atoms with Crippen molar-refractivity contribution in [3.63, 3.8) is 0 Å². The fourth-order valence-electron chi connectivity index (χ4n) is 9.76. The molecule has 0 amide bonds. The molecule has 2 aromatic heterocycles. The quantitative estimate of drug-likeness (QED) is 0.155. The molecule has 0 saturated heterocycles. The first-order valence-electron chi connectivity index (χ1n) is 23.7. The second-order valence-electron chi connectivity index (χ2n) is 18.3. The standard InChI is InChI=1S/C60H32F12N6/c61-57(62,63)39-23-15-35(16-24-39)45-31-47-48(32-46(45)36-17-25-40(26-18-36)58(64,65)66)74-54-53(73-47)77(49-13-5-9-33-7-1-3-11-43(33)49)55-56(78(54)50-14-6-10-34-8-2-4-12-44(34)50)76-52(38-21-29-42(30-22-38)60(70,71)72)51(75-55)37-19-27-41(28-20-37)59(67,68)69/h1-32H. The summed E-state index contributed by atoms with van der Waals surface area (Å²) in [5.41, 5.74) is -1.26.